The molecule has 0 bridgehead atoms. The summed E-state index contributed by atoms with van der Waals surface area (Å²) in [7, 11) is -2.66. The van der Waals surface area contributed by atoms with E-state index in [-0.39, 0.29) is 17.8 Å². The molecule has 1 aromatic heterocycles. The van der Waals surface area contributed by atoms with Crippen LogP contribution in [0.25, 0.3) is 10.9 Å². The first kappa shape index (κ1) is 17.3. The van der Waals surface area contributed by atoms with E-state index in [1.165, 1.54) is 6.07 Å². The van der Waals surface area contributed by atoms with Gasteiger partial charge in [-0.15, -0.1) is 0 Å². The number of phosphoric acid groups is 1. The van der Waals surface area contributed by atoms with Crippen molar-refractivity contribution in [1.29, 1.82) is 0 Å². The fraction of sp³-hybridized carbons (Fsp3) is 0.211. The van der Waals surface area contributed by atoms with E-state index in [9.17, 15) is 9.36 Å². The number of carbonyl (C=O) groups is 1. The van der Waals surface area contributed by atoms with Gasteiger partial charge in [0, 0.05) is 24.5 Å². The molecule has 9 heteroatoms. The molecule has 2 aliphatic heterocycles. The highest BCUT2D eigenvalue weighted by molar-refractivity contribution is 7.46. The molecule has 28 heavy (non-hydrogen) atoms. The molecule has 3 heterocycles. The Bertz CT molecular complexity index is 1170. The summed E-state index contributed by atoms with van der Waals surface area (Å²) in [6, 6.07) is 12.5. The van der Waals surface area contributed by atoms with E-state index >= 15 is 0 Å². The maximum atomic E-state index is 13.0. The van der Waals surface area contributed by atoms with Crippen LogP contribution in [-0.2, 0) is 11.0 Å². The number of aromatic amines is 1. The molecular formula is C19H18N3O5P. The number of phosphoric ester groups is 1. The van der Waals surface area contributed by atoms with Crippen LogP contribution in [0.2, 0.25) is 0 Å². The maximum absolute atomic E-state index is 13.0. The predicted octanol–water partition coefficient (Wildman–Crippen LogP) is 2.79. The zero-order chi connectivity index (χ0) is 19.6. The number of nitrogens with zero attached hydrogens (tertiary/aromatic N) is 2. The minimum absolute atomic E-state index is 0.00790. The molecule has 0 radical (unpaired) electrons. The molecule has 5 rings (SSSR count). The number of carbonyl (C=O) groups excluding carboxylic acids is 1. The minimum Gasteiger partial charge on any atom is -0.404 e. The number of amides is 1. The molecule has 0 saturated carbocycles. The Morgan fingerprint density at radius 3 is 2.79 bits per heavy atom. The highest BCUT2D eigenvalue weighted by Gasteiger charge is 2.41. The molecule has 1 unspecified atom stereocenters. The van der Waals surface area contributed by atoms with E-state index in [0.717, 1.165) is 27.8 Å². The highest BCUT2D eigenvalue weighted by atomic mass is 31.2. The summed E-state index contributed by atoms with van der Waals surface area (Å²) in [5.41, 5.74) is 4.36. The van der Waals surface area contributed by atoms with Crippen molar-refractivity contribution in [2.45, 2.75) is 12.6 Å². The van der Waals surface area contributed by atoms with Gasteiger partial charge in [0.25, 0.3) is 5.91 Å². The number of benzene rings is 2. The second kappa shape index (κ2) is 5.85. The van der Waals surface area contributed by atoms with Crippen LogP contribution >= 0.6 is 7.82 Å². The van der Waals surface area contributed by atoms with Crippen molar-refractivity contribution in [1.82, 2.24) is 9.88 Å². The van der Waals surface area contributed by atoms with Crippen LogP contribution in [0.15, 0.2) is 42.5 Å². The van der Waals surface area contributed by atoms with Gasteiger partial charge in [-0.2, -0.15) is 0 Å². The van der Waals surface area contributed by atoms with Crippen molar-refractivity contribution in [3.63, 3.8) is 0 Å². The number of rotatable bonds is 2. The van der Waals surface area contributed by atoms with Gasteiger partial charge in [-0.3, -0.25) is 14.6 Å². The fourth-order valence-corrected chi connectivity index (χ4v) is 4.69. The lowest BCUT2D eigenvalue weighted by Gasteiger charge is -2.46. The summed E-state index contributed by atoms with van der Waals surface area (Å²) in [4.78, 5) is 38.5. The lowest BCUT2D eigenvalue weighted by atomic mass is 9.96. The van der Waals surface area contributed by atoms with Gasteiger partial charge in [-0.25, -0.2) is 4.57 Å². The molecule has 8 nitrogen and oxygen atoms in total. The molecule has 144 valence electrons. The number of hydrogen-bond donors (Lipinski definition) is 3. The third-order valence-corrected chi connectivity index (χ3v) is 5.88. The van der Waals surface area contributed by atoms with Crippen LogP contribution in [0.4, 0.5) is 5.69 Å². The zero-order valence-corrected chi connectivity index (χ0v) is 15.9. The maximum Gasteiger partial charge on any atom is 0.524 e. The lowest BCUT2D eigenvalue weighted by molar-refractivity contribution is 0.0634. The van der Waals surface area contributed by atoms with Crippen LogP contribution in [0.1, 0.15) is 27.8 Å². The molecule has 2 aliphatic rings. The van der Waals surface area contributed by atoms with Crippen molar-refractivity contribution in [2.75, 3.05) is 18.5 Å². The second-order valence-electron chi connectivity index (χ2n) is 7.06. The lowest BCUT2D eigenvalue weighted by Crippen LogP contribution is -2.51. The quantitative estimate of drug-likeness (QED) is 0.572. The Balaban J connectivity index is 1.64. The fourth-order valence-electron chi connectivity index (χ4n) is 4.31. The van der Waals surface area contributed by atoms with Gasteiger partial charge in [-0.05, 0) is 42.3 Å². The van der Waals surface area contributed by atoms with E-state index in [1.54, 1.807) is 12.1 Å². The summed E-state index contributed by atoms with van der Waals surface area (Å²) < 4.78 is 15.9. The van der Waals surface area contributed by atoms with Gasteiger partial charge in [0.15, 0.2) is 0 Å². The Labute approximate surface area is 160 Å². The molecule has 0 fully saturated rings. The monoisotopic (exact) mass is 399 g/mol. The number of para-hydroxylation sites is 1. The predicted molar refractivity (Wildman–Crippen MR) is 103 cm³/mol. The minimum atomic E-state index is -4.62. The van der Waals surface area contributed by atoms with Gasteiger partial charge in [-0.1, -0.05) is 12.1 Å². The molecule has 3 aromatic rings. The van der Waals surface area contributed by atoms with Gasteiger partial charge >= 0.3 is 7.82 Å². The summed E-state index contributed by atoms with van der Waals surface area (Å²) in [5, 5.41) is 0.848. The third kappa shape index (κ3) is 2.53. The van der Waals surface area contributed by atoms with Crippen molar-refractivity contribution in [3.8, 4) is 5.75 Å². The van der Waals surface area contributed by atoms with Gasteiger partial charge in [0.2, 0.25) is 0 Å². The number of hydrogen-bond acceptors (Lipinski definition) is 4. The SMILES string of the molecule is CN1c2ccccc2C(=O)N2CCc3c([nH]c4ccc(OP(=O)(O)O)cc34)C21. The number of anilines is 1. The molecule has 1 atom stereocenters. The summed E-state index contributed by atoms with van der Waals surface area (Å²) in [6.07, 6.45) is 0.386. The second-order valence-corrected chi connectivity index (χ2v) is 8.22. The van der Waals surface area contributed by atoms with E-state index < -0.39 is 7.82 Å². The number of aromatic nitrogens is 1. The Morgan fingerprint density at radius 2 is 2.00 bits per heavy atom. The molecule has 0 aliphatic carbocycles. The van der Waals surface area contributed by atoms with Crippen LogP contribution in [0, 0.1) is 0 Å². The van der Waals surface area contributed by atoms with E-state index in [1.807, 2.05) is 36.2 Å². The first-order valence-corrected chi connectivity index (χ1v) is 10.4. The summed E-state index contributed by atoms with van der Waals surface area (Å²) in [6.45, 7) is 0.561. The van der Waals surface area contributed by atoms with Crippen molar-refractivity contribution >= 4 is 30.3 Å². The topological polar surface area (TPSA) is 106 Å². The Hall–Kier alpha value is -2.80. The van der Waals surface area contributed by atoms with E-state index in [2.05, 4.69) is 9.88 Å². The first-order chi connectivity index (χ1) is 13.3. The number of nitrogens with one attached hydrogen (secondary N) is 1. The first-order valence-electron chi connectivity index (χ1n) is 8.86. The number of H-pyrrole nitrogens is 1. The molecule has 0 spiro atoms. The van der Waals surface area contributed by atoms with Crippen LogP contribution in [0.5, 0.6) is 5.75 Å². The molecule has 0 saturated heterocycles. The number of fused-ring (bicyclic) bond motifs is 6. The average Bonchev–Trinajstić information content (AvgIpc) is 3.02. The third-order valence-electron chi connectivity index (χ3n) is 5.43. The van der Waals surface area contributed by atoms with Gasteiger partial charge in [0.05, 0.1) is 16.9 Å². The largest absolute Gasteiger partial charge is 0.524 e. The Morgan fingerprint density at radius 1 is 1.21 bits per heavy atom. The molecule has 3 N–H and O–H groups in total. The van der Waals surface area contributed by atoms with E-state index in [4.69, 9.17) is 14.3 Å². The van der Waals surface area contributed by atoms with Crippen molar-refractivity contribution in [3.05, 3.63) is 59.3 Å². The van der Waals surface area contributed by atoms with Crippen molar-refractivity contribution in [2.24, 2.45) is 0 Å². The van der Waals surface area contributed by atoms with Crippen LogP contribution in [-0.4, -0.2) is 39.2 Å². The average molecular weight is 399 g/mol. The zero-order valence-electron chi connectivity index (χ0n) is 15.0. The van der Waals surface area contributed by atoms with Crippen LogP contribution < -0.4 is 9.42 Å². The molecule has 2 aromatic carbocycles. The summed E-state index contributed by atoms with van der Waals surface area (Å²) >= 11 is 0. The van der Waals surface area contributed by atoms with Crippen LogP contribution in [0.3, 0.4) is 0 Å². The van der Waals surface area contributed by atoms with Gasteiger partial charge < -0.3 is 19.3 Å². The van der Waals surface area contributed by atoms with E-state index in [0.29, 0.717) is 18.5 Å². The smallest absolute Gasteiger partial charge is 0.404 e. The summed E-state index contributed by atoms with van der Waals surface area (Å²) in [5.74, 6) is 0.122. The highest BCUT2D eigenvalue weighted by Crippen LogP contribution is 2.44. The molecule has 1 amide bonds. The molecular weight excluding hydrogens is 381 g/mol. The van der Waals surface area contributed by atoms with Crippen molar-refractivity contribution < 1.29 is 23.7 Å². The normalized spacial score (nSPS) is 18.7. The van der Waals surface area contributed by atoms with Gasteiger partial charge in [0.1, 0.15) is 11.9 Å². The Kier molecular flexibility index (Phi) is 3.61. The standard InChI is InChI=1S/C19H18N3O5P/c1-21-16-5-3-2-4-13(16)19(23)22-9-8-12-14-10-11(27-28(24,25)26)6-7-15(14)20-17(12)18(21)22/h2-7,10,18,20H,8-9H2,1H3,(H2,24,25,26).